The summed E-state index contributed by atoms with van der Waals surface area (Å²) in [6.45, 7) is 0. The molecule has 6 nitrogen and oxygen atoms in total. The molecule has 0 spiro atoms. The molecule has 68 valence electrons. The van der Waals surface area contributed by atoms with E-state index in [0.29, 0.717) is 4.47 Å². The Hall–Kier alpha value is -1.50. The topological polar surface area (TPSA) is 99.1 Å². The Labute approximate surface area is 81.0 Å². The van der Waals surface area contributed by atoms with E-state index in [-0.39, 0.29) is 5.56 Å². The van der Waals surface area contributed by atoms with Gasteiger partial charge in [-0.25, -0.2) is 0 Å². The number of hydrogen-bond acceptors (Lipinski definition) is 4. The Morgan fingerprint density at radius 1 is 1.69 bits per heavy atom. The number of aromatic nitrogens is 1. The zero-order valence-electron chi connectivity index (χ0n) is 6.23. The van der Waals surface area contributed by atoms with E-state index in [1.54, 1.807) is 0 Å². The summed E-state index contributed by atoms with van der Waals surface area (Å²) in [7, 11) is 0. The third kappa shape index (κ3) is 2.00. The fourth-order valence-corrected chi connectivity index (χ4v) is 1.13. The van der Waals surface area contributed by atoms with Crippen LogP contribution in [0.25, 0.3) is 0 Å². The minimum atomic E-state index is -0.739. The Bertz CT molecular complexity index is 379. The summed E-state index contributed by atoms with van der Waals surface area (Å²) in [5.74, 6) is -1.14. The van der Waals surface area contributed by atoms with Crippen molar-refractivity contribution in [2.45, 2.75) is 0 Å². The first-order chi connectivity index (χ1) is 6.02. The molecule has 0 fully saturated rings. The van der Waals surface area contributed by atoms with Gasteiger partial charge in [-0.15, -0.1) is 0 Å². The molecule has 0 saturated carbocycles. The van der Waals surface area contributed by atoms with Gasteiger partial charge in [-0.2, -0.15) is 0 Å². The summed E-state index contributed by atoms with van der Waals surface area (Å²) >= 11 is 2.99. The fraction of sp³-hybridized carbons (Fsp3) is 0. The van der Waals surface area contributed by atoms with Crippen LogP contribution in [0.2, 0.25) is 0 Å². The lowest BCUT2D eigenvalue weighted by Gasteiger charge is -1.96. The average Bonchev–Trinajstić information content (AvgIpc) is 2.04. The van der Waals surface area contributed by atoms with Gasteiger partial charge in [0.1, 0.15) is 0 Å². The van der Waals surface area contributed by atoms with E-state index in [4.69, 9.17) is 5.73 Å². The number of rotatable bonds is 2. The average molecular weight is 246 g/mol. The lowest BCUT2D eigenvalue weighted by atomic mass is 10.2. The number of nitro groups is 1. The highest BCUT2D eigenvalue weighted by atomic mass is 79.9. The van der Waals surface area contributed by atoms with Gasteiger partial charge in [0, 0.05) is 6.07 Å². The van der Waals surface area contributed by atoms with Crippen molar-refractivity contribution in [1.82, 2.24) is 4.98 Å². The Kier molecular flexibility index (Phi) is 2.57. The second-order valence-electron chi connectivity index (χ2n) is 2.14. The number of amides is 1. The van der Waals surface area contributed by atoms with E-state index >= 15 is 0 Å². The van der Waals surface area contributed by atoms with Gasteiger partial charge in [-0.05, 0) is 25.8 Å². The van der Waals surface area contributed by atoms with Crippen LogP contribution >= 0.6 is 15.9 Å². The molecule has 0 atom stereocenters. The second-order valence-corrected chi connectivity index (χ2v) is 3.00. The quantitative estimate of drug-likeness (QED) is 0.617. The molecule has 1 aromatic heterocycles. The van der Waals surface area contributed by atoms with Gasteiger partial charge < -0.3 is 15.8 Å². The molecule has 0 radical (unpaired) electrons. The van der Waals surface area contributed by atoms with Crippen molar-refractivity contribution in [1.29, 1.82) is 0 Å². The highest BCUT2D eigenvalue weighted by Crippen LogP contribution is 2.18. The van der Waals surface area contributed by atoms with Gasteiger partial charge >= 0.3 is 5.82 Å². The fourth-order valence-electron chi connectivity index (χ4n) is 0.716. The Morgan fingerprint density at radius 3 is 2.77 bits per heavy atom. The molecule has 0 saturated heterocycles. The molecule has 0 unspecified atom stereocenters. The van der Waals surface area contributed by atoms with Crippen LogP contribution in [-0.2, 0) is 0 Å². The van der Waals surface area contributed by atoms with E-state index in [2.05, 4.69) is 20.9 Å². The Balaban J connectivity index is 3.27. The number of nitrogens with zero attached hydrogens (tertiary/aromatic N) is 2. The lowest BCUT2D eigenvalue weighted by molar-refractivity contribution is -0.389. The van der Waals surface area contributed by atoms with Crippen LogP contribution in [0.5, 0.6) is 0 Å². The molecular formula is C6H4BrN3O3. The summed E-state index contributed by atoms with van der Waals surface area (Å²) in [5.41, 5.74) is 5.01. The Morgan fingerprint density at radius 2 is 2.31 bits per heavy atom. The standard InChI is InChI=1S/C6H4BrN3O3/c7-4-2-9-5(10(12)13)1-3(4)6(8)11/h1-2H,(H2,8,11). The van der Waals surface area contributed by atoms with E-state index < -0.39 is 16.6 Å². The maximum absolute atomic E-state index is 10.7. The van der Waals surface area contributed by atoms with Crippen molar-refractivity contribution in [3.8, 4) is 0 Å². The van der Waals surface area contributed by atoms with E-state index in [1.165, 1.54) is 0 Å². The first-order valence-electron chi connectivity index (χ1n) is 3.12. The minimum absolute atomic E-state index is 0.0432. The van der Waals surface area contributed by atoms with Crippen LogP contribution in [0.4, 0.5) is 5.82 Å². The van der Waals surface area contributed by atoms with Crippen LogP contribution < -0.4 is 5.73 Å². The molecule has 13 heavy (non-hydrogen) atoms. The highest BCUT2D eigenvalue weighted by molar-refractivity contribution is 9.10. The summed E-state index contributed by atoms with van der Waals surface area (Å²) in [6.07, 6.45) is 1.16. The van der Waals surface area contributed by atoms with Crippen LogP contribution in [0.3, 0.4) is 0 Å². The normalized spacial score (nSPS) is 9.62. The van der Waals surface area contributed by atoms with Gasteiger partial charge in [0.15, 0.2) is 6.20 Å². The van der Waals surface area contributed by atoms with Crippen LogP contribution in [0.1, 0.15) is 10.4 Å². The van der Waals surface area contributed by atoms with Gasteiger partial charge in [-0.3, -0.25) is 4.79 Å². The lowest BCUT2D eigenvalue weighted by Crippen LogP contribution is -2.12. The van der Waals surface area contributed by atoms with Gasteiger partial charge in [-0.1, -0.05) is 0 Å². The molecule has 7 heteroatoms. The first kappa shape index (κ1) is 9.59. The largest absolute Gasteiger partial charge is 0.366 e. The first-order valence-corrected chi connectivity index (χ1v) is 3.91. The molecular weight excluding hydrogens is 242 g/mol. The highest BCUT2D eigenvalue weighted by Gasteiger charge is 2.14. The molecule has 0 aliphatic rings. The number of primary amides is 1. The van der Waals surface area contributed by atoms with Crippen molar-refractivity contribution >= 4 is 27.7 Å². The molecule has 1 amide bonds. The molecule has 1 aromatic rings. The second kappa shape index (κ2) is 3.48. The van der Waals surface area contributed by atoms with Crippen molar-refractivity contribution in [3.63, 3.8) is 0 Å². The maximum Gasteiger partial charge on any atom is 0.364 e. The maximum atomic E-state index is 10.7. The number of carbonyl (C=O) groups excluding carboxylic acids is 1. The zero-order valence-corrected chi connectivity index (χ0v) is 7.82. The molecule has 1 rings (SSSR count). The minimum Gasteiger partial charge on any atom is -0.366 e. The smallest absolute Gasteiger partial charge is 0.364 e. The van der Waals surface area contributed by atoms with E-state index in [0.717, 1.165) is 12.3 Å². The van der Waals surface area contributed by atoms with Crippen LogP contribution in [0.15, 0.2) is 16.7 Å². The van der Waals surface area contributed by atoms with Gasteiger partial charge in [0.2, 0.25) is 5.91 Å². The number of hydrogen-bond donors (Lipinski definition) is 1. The van der Waals surface area contributed by atoms with Crippen molar-refractivity contribution in [3.05, 3.63) is 32.4 Å². The van der Waals surface area contributed by atoms with E-state index in [1.807, 2.05) is 0 Å². The SMILES string of the molecule is NC(=O)c1cc([N+](=O)[O-])ncc1Br. The molecule has 2 N–H and O–H groups in total. The molecule has 0 bridgehead atoms. The van der Waals surface area contributed by atoms with Crippen molar-refractivity contribution < 1.29 is 9.72 Å². The summed E-state index contributed by atoms with van der Waals surface area (Å²) in [4.78, 5) is 23.8. The summed E-state index contributed by atoms with van der Waals surface area (Å²) < 4.78 is 0.339. The summed E-state index contributed by atoms with van der Waals surface area (Å²) in [5, 5.41) is 10.3. The molecule has 1 heterocycles. The number of halogens is 1. The number of nitrogens with two attached hydrogens (primary N) is 1. The zero-order chi connectivity index (χ0) is 10.0. The van der Waals surface area contributed by atoms with Gasteiger partial charge in [0.25, 0.3) is 0 Å². The number of carbonyl (C=O) groups is 1. The predicted molar refractivity (Wildman–Crippen MR) is 47.1 cm³/mol. The van der Waals surface area contributed by atoms with E-state index in [9.17, 15) is 14.9 Å². The van der Waals surface area contributed by atoms with Crippen molar-refractivity contribution in [2.75, 3.05) is 0 Å². The molecule has 0 aliphatic carbocycles. The van der Waals surface area contributed by atoms with Crippen LogP contribution in [-0.4, -0.2) is 15.8 Å². The predicted octanol–water partition coefficient (Wildman–Crippen LogP) is 0.851. The monoisotopic (exact) mass is 245 g/mol. The van der Waals surface area contributed by atoms with Crippen LogP contribution in [0, 0.1) is 10.1 Å². The van der Waals surface area contributed by atoms with Crippen molar-refractivity contribution in [2.24, 2.45) is 5.73 Å². The number of pyridine rings is 1. The third-order valence-electron chi connectivity index (χ3n) is 1.29. The summed E-state index contributed by atoms with van der Waals surface area (Å²) in [6, 6.07) is 1.02. The molecule has 0 aromatic carbocycles. The third-order valence-corrected chi connectivity index (χ3v) is 1.93. The van der Waals surface area contributed by atoms with Gasteiger partial charge in [0.05, 0.1) is 10.0 Å². The molecule has 0 aliphatic heterocycles.